The maximum atomic E-state index is 13.6. The van der Waals surface area contributed by atoms with E-state index in [9.17, 15) is 13.0 Å². The minimum Gasteiger partial charge on any atom is -0.497 e. The van der Waals surface area contributed by atoms with Gasteiger partial charge in [0.2, 0.25) is 0 Å². The topological polar surface area (TPSA) is 52.3 Å². The summed E-state index contributed by atoms with van der Waals surface area (Å²) in [6.45, 7) is 0. The lowest BCUT2D eigenvalue weighted by atomic mass is 10.1. The fourth-order valence-corrected chi connectivity index (χ4v) is 3.08. The van der Waals surface area contributed by atoms with Crippen LogP contribution in [0, 0.1) is 11.6 Å². The van der Waals surface area contributed by atoms with Crippen molar-refractivity contribution in [3.05, 3.63) is 59.7 Å². The molecule has 2 atom stereocenters. The van der Waals surface area contributed by atoms with E-state index in [0.717, 1.165) is 11.6 Å². The summed E-state index contributed by atoms with van der Waals surface area (Å²) in [5, 5.41) is 0. The molecule has 2 N–H and O–H groups in total. The Morgan fingerprint density at radius 1 is 1.24 bits per heavy atom. The summed E-state index contributed by atoms with van der Waals surface area (Å²) in [5.41, 5.74) is 6.73. The van der Waals surface area contributed by atoms with Crippen LogP contribution in [-0.2, 0) is 10.8 Å². The van der Waals surface area contributed by atoms with Gasteiger partial charge in [-0.15, -0.1) is 0 Å². The van der Waals surface area contributed by atoms with E-state index >= 15 is 0 Å². The van der Waals surface area contributed by atoms with Gasteiger partial charge in [-0.3, -0.25) is 4.21 Å². The number of hydrogen-bond acceptors (Lipinski definition) is 3. The van der Waals surface area contributed by atoms with Crippen LogP contribution in [0.4, 0.5) is 8.78 Å². The summed E-state index contributed by atoms with van der Waals surface area (Å²) in [4.78, 5) is -0.0465. The summed E-state index contributed by atoms with van der Waals surface area (Å²) in [5.74, 6) is -0.853. The highest BCUT2D eigenvalue weighted by Crippen LogP contribution is 2.21. The number of methoxy groups -OCH3 is 1. The van der Waals surface area contributed by atoms with E-state index in [1.54, 1.807) is 24.3 Å². The Hall–Kier alpha value is -1.79. The number of hydrogen-bond donors (Lipinski definition) is 1. The van der Waals surface area contributed by atoms with Crippen LogP contribution in [-0.4, -0.2) is 17.1 Å². The smallest absolute Gasteiger partial charge is 0.142 e. The van der Waals surface area contributed by atoms with Crippen LogP contribution < -0.4 is 10.5 Å². The van der Waals surface area contributed by atoms with Crippen molar-refractivity contribution >= 4 is 10.8 Å². The third kappa shape index (κ3) is 3.86. The van der Waals surface area contributed by atoms with E-state index in [1.165, 1.54) is 13.2 Å². The Bertz CT molecular complexity index is 664. The summed E-state index contributed by atoms with van der Waals surface area (Å²) in [7, 11) is -0.112. The SMILES string of the molecule is COc1cccc(C(N)CS(=O)c2ccc(F)cc2F)c1. The van der Waals surface area contributed by atoms with Crippen molar-refractivity contribution < 1.29 is 17.7 Å². The van der Waals surface area contributed by atoms with Crippen LogP contribution in [0.25, 0.3) is 0 Å². The minimum atomic E-state index is -1.65. The first kappa shape index (κ1) is 15.6. The van der Waals surface area contributed by atoms with Crippen molar-refractivity contribution in [2.75, 3.05) is 12.9 Å². The van der Waals surface area contributed by atoms with Gasteiger partial charge >= 0.3 is 0 Å². The lowest BCUT2D eigenvalue weighted by Gasteiger charge is -2.13. The van der Waals surface area contributed by atoms with Gasteiger partial charge in [-0.2, -0.15) is 0 Å². The average molecular weight is 311 g/mol. The third-order valence-corrected chi connectivity index (χ3v) is 4.48. The molecule has 0 aromatic heterocycles. The normalized spacial score (nSPS) is 13.7. The van der Waals surface area contributed by atoms with Gasteiger partial charge in [0.05, 0.1) is 22.8 Å². The molecule has 0 amide bonds. The molecule has 112 valence electrons. The highest BCUT2D eigenvalue weighted by Gasteiger charge is 2.16. The molecule has 2 aromatic carbocycles. The molecule has 0 heterocycles. The minimum absolute atomic E-state index is 0.0374. The summed E-state index contributed by atoms with van der Waals surface area (Å²) < 4.78 is 43.7. The average Bonchev–Trinajstić information content (AvgIpc) is 2.47. The molecule has 0 bridgehead atoms. The summed E-state index contributed by atoms with van der Waals surface area (Å²) in [6, 6.07) is 9.50. The second-order valence-electron chi connectivity index (χ2n) is 4.47. The van der Waals surface area contributed by atoms with Crippen molar-refractivity contribution in [3.8, 4) is 5.75 Å². The molecular formula is C15H15F2NO2S. The number of nitrogens with two attached hydrogens (primary N) is 1. The Morgan fingerprint density at radius 3 is 2.67 bits per heavy atom. The molecule has 3 nitrogen and oxygen atoms in total. The van der Waals surface area contributed by atoms with Gasteiger partial charge in [0, 0.05) is 17.9 Å². The molecule has 0 spiro atoms. The Balaban J connectivity index is 2.14. The van der Waals surface area contributed by atoms with Crippen LogP contribution in [0.3, 0.4) is 0 Å². The number of halogens is 2. The number of benzene rings is 2. The van der Waals surface area contributed by atoms with Crippen molar-refractivity contribution in [2.24, 2.45) is 5.73 Å². The molecule has 2 aromatic rings. The summed E-state index contributed by atoms with van der Waals surface area (Å²) >= 11 is 0. The van der Waals surface area contributed by atoms with E-state index in [2.05, 4.69) is 0 Å². The molecule has 0 aliphatic carbocycles. The lowest BCUT2D eigenvalue weighted by molar-refractivity contribution is 0.414. The van der Waals surface area contributed by atoms with Crippen molar-refractivity contribution in [3.63, 3.8) is 0 Å². The van der Waals surface area contributed by atoms with Crippen molar-refractivity contribution in [1.29, 1.82) is 0 Å². The molecule has 6 heteroatoms. The van der Waals surface area contributed by atoms with Crippen molar-refractivity contribution in [2.45, 2.75) is 10.9 Å². The number of rotatable bonds is 5. The Kier molecular flexibility index (Phi) is 5.03. The lowest BCUT2D eigenvalue weighted by Crippen LogP contribution is -2.19. The zero-order valence-corrected chi connectivity index (χ0v) is 12.2. The molecular weight excluding hydrogens is 296 g/mol. The molecule has 0 aliphatic rings. The van der Waals surface area contributed by atoms with E-state index in [1.807, 2.05) is 0 Å². The fraction of sp³-hybridized carbons (Fsp3) is 0.200. The first-order chi connectivity index (χ1) is 10.0. The predicted molar refractivity (Wildman–Crippen MR) is 77.6 cm³/mol. The predicted octanol–water partition coefficient (Wildman–Crippen LogP) is 2.78. The van der Waals surface area contributed by atoms with Gasteiger partial charge in [-0.05, 0) is 29.8 Å². The Labute approximate surface area is 124 Å². The molecule has 21 heavy (non-hydrogen) atoms. The molecule has 0 saturated carbocycles. The van der Waals surface area contributed by atoms with Gasteiger partial charge in [-0.25, -0.2) is 8.78 Å². The fourth-order valence-electron chi connectivity index (χ4n) is 1.88. The second kappa shape index (κ2) is 6.78. The molecule has 0 fully saturated rings. The van der Waals surface area contributed by atoms with Gasteiger partial charge < -0.3 is 10.5 Å². The second-order valence-corrected chi connectivity index (χ2v) is 5.93. The largest absolute Gasteiger partial charge is 0.497 e. The van der Waals surface area contributed by atoms with Gasteiger partial charge in [-0.1, -0.05) is 12.1 Å². The molecule has 0 saturated heterocycles. The standard InChI is InChI=1S/C15H15F2NO2S/c1-20-12-4-2-3-10(7-12)14(18)9-21(19)15-6-5-11(16)8-13(15)17/h2-8,14H,9,18H2,1H3. The van der Waals surface area contributed by atoms with Gasteiger partial charge in [0.25, 0.3) is 0 Å². The molecule has 0 radical (unpaired) electrons. The van der Waals surface area contributed by atoms with Crippen LogP contribution >= 0.6 is 0 Å². The first-order valence-electron chi connectivity index (χ1n) is 6.24. The third-order valence-electron chi connectivity index (χ3n) is 2.99. The van der Waals surface area contributed by atoms with Crippen LogP contribution in [0.2, 0.25) is 0 Å². The number of ether oxygens (including phenoxy) is 1. The Morgan fingerprint density at radius 2 is 2.00 bits per heavy atom. The maximum absolute atomic E-state index is 13.6. The van der Waals surface area contributed by atoms with Crippen LogP contribution in [0.15, 0.2) is 47.4 Å². The zero-order chi connectivity index (χ0) is 15.4. The van der Waals surface area contributed by atoms with E-state index in [0.29, 0.717) is 11.8 Å². The molecule has 0 aliphatic heterocycles. The zero-order valence-electron chi connectivity index (χ0n) is 11.4. The van der Waals surface area contributed by atoms with E-state index in [4.69, 9.17) is 10.5 Å². The van der Waals surface area contributed by atoms with Crippen molar-refractivity contribution in [1.82, 2.24) is 0 Å². The highest BCUT2D eigenvalue weighted by atomic mass is 32.2. The van der Waals surface area contributed by atoms with E-state index in [-0.39, 0.29) is 10.6 Å². The van der Waals surface area contributed by atoms with Crippen LogP contribution in [0.1, 0.15) is 11.6 Å². The molecule has 2 rings (SSSR count). The quantitative estimate of drug-likeness (QED) is 0.924. The maximum Gasteiger partial charge on any atom is 0.142 e. The van der Waals surface area contributed by atoms with Gasteiger partial charge in [0.1, 0.15) is 17.4 Å². The molecule has 2 unspecified atom stereocenters. The summed E-state index contributed by atoms with van der Waals surface area (Å²) in [6.07, 6.45) is 0. The monoisotopic (exact) mass is 311 g/mol. The van der Waals surface area contributed by atoms with E-state index < -0.39 is 28.5 Å². The first-order valence-corrected chi connectivity index (χ1v) is 7.56. The van der Waals surface area contributed by atoms with Crippen LogP contribution in [0.5, 0.6) is 5.75 Å². The van der Waals surface area contributed by atoms with Gasteiger partial charge in [0.15, 0.2) is 0 Å². The highest BCUT2D eigenvalue weighted by molar-refractivity contribution is 7.85.